The number of carbonyl (C=O) groups is 1. The zero-order valence-corrected chi connectivity index (χ0v) is 12.8. The fraction of sp³-hybridized carbons (Fsp3) is 0.500. The van der Waals surface area contributed by atoms with E-state index in [1.54, 1.807) is 12.1 Å². The van der Waals surface area contributed by atoms with E-state index >= 15 is 0 Å². The molecular formula is C14H21NO4S. The highest BCUT2D eigenvalue weighted by atomic mass is 32.2. The van der Waals surface area contributed by atoms with E-state index in [-0.39, 0.29) is 23.3 Å². The van der Waals surface area contributed by atoms with Crippen molar-refractivity contribution in [3.05, 3.63) is 35.4 Å². The fourth-order valence-electron chi connectivity index (χ4n) is 1.47. The number of carboxylic acids is 1. The van der Waals surface area contributed by atoms with Crippen molar-refractivity contribution in [1.29, 1.82) is 0 Å². The molecule has 0 atom stereocenters. The first-order valence-electron chi connectivity index (χ1n) is 6.39. The molecule has 6 heteroatoms. The number of sulfonamides is 1. The average molecular weight is 299 g/mol. The van der Waals surface area contributed by atoms with Crippen molar-refractivity contribution < 1.29 is 18.3 Å². The first-order valence-corrected chi connectivity index (χ1v) is 8.04. The van der Waals surface area contributed by atoms with Crippen LogP contribution in [-0.2, 0) is 16.6 Å². The minimum Gasteiger partial charge on any atom is -0.478 e. The van der Waals surface area contributed by atoms with Gasteiger partial charge in [-0.2, -0.15) is 0 Å². The molecule has 0 aliphatic rings. The molecule has 0 saturated carbocycles. The van der Waals surface area contributed by atoms with Crippen molar-refractivity contribution >= 4 is 16.0 Å². The summed E-state index contributed by atoms with van der Waals surface area (Å²) in [4.78, 5) is 10.7. The lowest BCUT2D eigenvalue weighted by atomic mass is 9.94. The lowest BCUT2D eigenvalue weighted by molar-refractivity contribution is 0.0697. The first-order chi connectivity index (χ1) is 9.09. The molecule has 0 aliphatic heterocycles. The Bertz CT molecular complexity index is 556. The molecule has 0 unspecified atom stereocenters. The highest BCUT2D eigenvalue weighted by Gasteiger charge is 2.17. The van der Waals surface area contributed by atoms with Gasteiger partial charge in [-0.15, -0.1) is 0 Å². The molecule has 1 aromatic carbocycles. The maximum atomic E-state index is 11.8. The molecule has 0 bridgehead atoms. The molecule has 0 amide bonds. The van der Waals surface area contributed by atoms with E-state index in [4.69, 9.17) is 5.11 Å². The van der Waals surface area contributed by atoms with Crippen LogP contribution in [0.25, 0.3) is 0 Å². The molecule has 112 valence electrons. The number of rotatable bonds is 6. The Morgan fingerprint density at radius 2 is 1.75 bits per heavy atom. The molecule has 2 N–H and O–H groups in total. The Labute approximate surface area is 120 Å². The van der Waals surface area contributed by atoms with Gasteiger partial charge >= 0.3 is 5.97 Å². The van der Waals surface area contributed by atoms with Crippen LogP contribution < -0.4 is 4.72 Å². The summed E-state index contributed by atoms with van der Waals surface area (Å²) in [6, 6.07) is 6.13. The van der Waals surface area contributed by atoms with E-state index < -0.39 is 16.0 Å². The number of benzene rings is 1. The van der Waals surface area contributed by atoms with E-state index in [2.05, 4.69) is 4.72 Å². The predicted molar refractivity (Wildman–Crippen MR) is 78.1 cm³/mol. The van der Waals surface area contributed by atoms with Crippen LogP contribution in [-0.4, -0.2) is 25.2 Å². The van der Waals surface area contributed by atoms with E-state index in [1.807, 2.05) is 20.8 Å². The molecule has 0 aromatic heterocycles. The van der Waals surface area contributed by atoms with Crippen LogP contribution in [0.15, 0.2) is 24.3 Å². The van der Waals surface area contributed by atoms with Crippen molar-refractivity contribution in [3.63, 3.8) is 0 Å². The van der Waals surface area contributed by atoms with E-state index in [0.717, 1.165) is 5.56 Å². The van der Waals surface area contributed by atoms with Crippen LogP contribution in [0.4, 0.5) is 0 Å². The van der Waals surface area contributed by atoms with Gasteiger partial charge in [0.15, 0.2) is 0 Å². The number of carboxylic acid groups (broad SMARTS) is 1. The van der Waals surface area contributed by atoms with E-state index in [9.17, 15) is 13.2 Å². The van der Waals surface area contributed by atoms with E-state index in [0.29, 0.717) is 6.42 Å². The van der Waals surface area contributed by atoms with Crippen LogP contribution >= 0.6 is 0 Å². The predicted octanol–water partition coefficient (Wildman–Crippen LogP) is 2.24. The number of hydrogen-bond acceptors (Lipinski definition) is 3. The lowest BCUT2D eigenvalue weighted by Crippen LogP contribution is -2.28. The van der Waals surface area contributed by atoms with Gasteiger partial charge in [-0.1, -0.05) is 32.9 Å². The third kappa shape index (κ3) is 6.16. The third-order valence-corrected chi connectivity index (χ3v) is 4.14. The van der Waals surface area contributed by atoms with Gasteiger partial charge in [0.1, 0.15) is 0 Å². The van der Waals surface area contributed by atoms with Gasteiger partial charge in [0.25, 0.3) is 0 Å². The first kappa shape index (κ1) is 16.7. The number of nitrogens with one attached hydrogen (secondary N) is 1. The van der Waals surface area contributed by atoms with Crippen LogP contribution in [0.5, 0.6) is 0 Å². The number of aromatic carboxylic acids is 1. The smallest absolute Gasteiger partial charge is 0.335 e. The molecule has 1 rings (SSSR count). The zero-order valence-electron chi connectivity index (χ0n) is 12.0. The third-order valence-electron chi connectivity index (χ3n) is 2.82. The van der Waals surface area contributed by atoms with Crippen molar-refractivity contribution in [3.8, 4) is 0 Å². The molecule has 0 fully saturated rings. The zero-order chi connectivity index (χ0) is 15.4. The Morgan fingerprint density at radius 1 is 1.20 bits per heavy atom. The topological polar surface area (TPSA) is 83.5 Å². The summed E-state index contributed by atoms with van der Waals surface area (Å²) in [6.45, 7) is 6.15. The second-order valence-corrected chi connectivity index (χ2v) is 7.88. The highest BCUT2D eigenvalue weighted by molar-refractivity contribution is 7.89. The highest BCUT2D eigenvalue weighted by Crippen LogP contribution is 2.19. The summed E-state index contributed by atoms with van der Waals surface area (Å²) < 4.78 is 26.2. The fourth-order valence-corrected chi connectivity index (χ4v) is 2.88. The molecule has 5 nitrogen and oxygen atoms in total. The van der Waals surface area contributed by atoms with Crippen LogP contribution in [0.1, 0.15) is 43.1 Å². The molecule has 1 aromatic rings. The minimum atomic E-state index is -3.31. The van der Waals surface area contributed by atoms with Crippen molar-refractivity contribution in [1.82, 2.24) is 4.72 Å². The molecular weight excluding hydrogens is 278 g/mol. The summed E-state index contributed by atoms with van der Waals surface area (Å²) in [5.74, 6) is -0.911. The van der Waals surface area contributed by atoms with E-state index in [1.165, 1.54) is 12.1 Å². The van der Waals surface area contributed by atoms with Gasteiger partial charge in [0.2, 0.25) is 10.0 Å². The maximum absolute atomic E-state index is 11.8. The normalized spacial score (nSPS) is 12.3. The Kier molecular flexibility index (Phi) is 5.30. The SMILES string of the molecule is CC(C)(C)CCS(=O)(=O)NCc1ccc(C(=O)O)cc1. The van der Waals surface area contributed by atoms with Gasteiger partial charge < -0.3 is 5.11 Å². The van der Waals surface area contributed by atoms with Gasteiger partial charge in [0, 0.05) is 6.54 Å². The van der Waals surface area contributed by atoms with Crippen LogP contribution in [0, 0.1) is 5.41 Å². The Balaban J connectivity index is 2.56. The van der Waals surface area contributed by atoms with Crippen molar-refractivity contribution in [2.45, 2.75) is 33.7 Å². The van der Waals surface area contributed by atoms with Crippen LogP contribution in [0.3, 0.4) is 0 Å². The quantitative estimate of drug-likeness (QED) is 0.844. The van der Waals surface area contributed by atoms with Crippen LogP contribution in [0.2, 0.25) is 0 Å². The largest absolute Gasteiger partial charge is 0.478 e. The molecule has 20 heavy (non-hydrogen) atoms. The summed E-state index contributed by atoms with van der Waals surface area (Å²) >= 11 is 0. The molecule has 0 aliphatic carbocycles. The Hall–Kier alpha value is -1.40. The summed E-state index contributed by atoms with van der Waals surface area (Å²) in [7, 11) is -3.31. The van der Waals surface area contributed by atoms with Crippen molar-refractivity contribution in [2.75, 3.05) is 5.75 Å². The summed E-state index contributed by atoms with van der Waals surface area (Å²) in [5, 5.41) is 8.77. The molecule has 0 spiro atoms. The van der Waals surface area contributed by atoms with Gasteiger partial charge in [-0.25, -0.2) is 17.9 Å². The summed E-state index contributed by atoms with van der Waals surface area (Å²) in [6.07, 6.45) is 0.584. The van der Waals surface area contributed by atoms with Gasteiger partial charge in [0.05, 0.1) is 11.3 Å². The lowest BCUT2D eigenvalue weighted by Gasteiger charge is -2.17. The standard InChI is InChI=1S/C14H21NO4S/c1-14(2,3)8-9-20(18,19)15-10-11-4-6-12(7-5-11)13(16)17/h4-7,15H,8-10H2,1-3H3,(H,16,17). The minimum absolute atomic E-state index is 0.0299. The maximum Gasteiger partial charge on any atom is 0.335 e. The summed E-state index contributed by atoms with van der Waals surface area (Å²) in [5.41, 5.74) is 0.886. The molecule has 0 heterocycles. The van der Waals surface area contributed by atoms with Gasteiger partial charge in [-0.3, -0.25) is 0 Å². The molecule has 0 saturated heterocycles. The average Bonchev–Trinajstić information content (AvgIpc) is 2.34. The Morgan fingerprint density at radius 3 is 2.20 bits per heavy atom. The molecule has 0 radical (unpaired) electrons. The monoisotopic (exact) mass is 299 g/mol. The van der Waals surface area contributed by atoms with Crippen molar-refractivity contribution in [2.24, 2.45) is 5.41 Å². The van der Waals surface area contributed by atoms with Gasteiger partial charge in [-0.05, 0) is 29.5 Å². The second-order valence-electron chi connectivity index (χ2n) is 5.95. The number of hydrogen-bond donors (Lipinski definition) is 2. The second kappa shape index (κ2) is 6.37.